The molecule has 1 aromatic carbocycles. The summed E-state index contributed by atoms with van der Waals surface area (Å²) in [4.78, 5) is 0. The third kappa shape index (κ3) is 4.03. The molecule has 0 saturated carbocycles. The van der Waals surface area contributed by atoms with Crippen LogP contribution in [0.2, 0.25) is 0 Å². The Kier molecular flexibility index (Phi) is 4.96. The van der Waals surface area contributed by atoms with Gasteiger partial charge in [0.1, 0.15) is 0 Å². The quantitative estimate of drug-likeness (QED) is 0.806. The fraction of sp³-hybridized carbons (Fsp3) is 0.571. The number of benzene rings is 1. The van der Waals surface area contributed by atoms with Gasteiger partial charge in [0.05, 0.1) is 5.75 Å². The van der Waals surface area contributed by atoms with Crippen LogP contribution in [0.5, 0.6) is 0 Å². The largest absolute Gasteiger partial charge is 0.309 e. The molecule has 0 fully saturated rings. The highest BCUT2D eigenvalue weighted by atomic mass is 32.2. The molecule has 5 heteroatoms. The summed E-state index contributed by atoms with van der Waals surface area (Å²) in [6.07, 6.45) is 4.61. The normalized spacial score (nSPS) is 19.7. The van der Waals surface area contributed by atoms with Crippen molar-refractivity contribution in [3.8, 4) is 0 Å². The van der Waals surface area contributed by atoms with E-state index in [0.717, 1.165) is 12.8 Å². The Labute approximate surface area is 115 Å². The van der Waals surface area contributed by atoms with E-state index in [1.54, 1.807) is 0 Å². The monoisotopic (exact) mass is 282 g/mol. The molecule has 2 rings (SSSR count). The van der Waals surface area contributed by atoms with E-state index < -0.39 is 10.0 Å². The van der Waals surface area contributed by atoms with Gasteiger partial charge in [0.25, 0.3) is 0 Å². The van der Waals surface area contributed by atoms with E-state index in [-0.39, 0.29) is 11.8 Å². The Morgan fingerprint density at radius 2 is 2.05 bits per heavy atom. The molecule has 2 N–H and O–H groups in total. The number of nitrogens with one attached hydrogen (secondary N) is 2. The van der Waals surface area contributed by atoms with Crippen LogP contribution in [0.4, 0.5) is 0 Å². The van der Waals surface area contributed by atoms with Gasteiger partial charge in [-0.3, -0.25) is 0 Å². The molecule has 0 bridgehead atoms. The number of rotatable bonds is 5. The van der Waals surface area contributed by atoms with Gasteiger partial charge in [-0.05, 0) is 37.4 Å². The van der Waals surface area contributed by atoms with Gasteiger partial charge in [-0.15, -0.1) is 0 Å². The number of hydrogen-bond acceptors (Lipinski definition) is 3. The maximum absolute atomic E-state index is 11.4. The molecule has 4 nitrogen and oxygen atoms in total. The first-order chi connectivity index (χ1) is 9.12. The van der Waals surface area contributed by atoms with Crippen molar-refractivity contribution in [3.63, 3.8) is 0 Å². The zero-order valence-corrected chi connectivity index (χ0v) is 12.2. The average Bonchev–Trinajstić information content (AvgIpc) is 2.61. The summed E-state index contributed by atoms with van der Waals surface area (Å²) >= 11 is 0. The highest BCUT2D eigenvalue weighted by Gasteiger charge is 2.18. The van der Waals surface area contributed by atoms with Crippen LogP contribution in [0.25, 0.3) is 0 Å². The van der Waals surface area contributed by atoms with Gasteiger partial charge in [-0.1, -0.05) is 30.7 Å². The van der Waals surface area contributed by atoms with Crippen LogP contribution in [-0.2, 0) is 16.4 Å². The van der Waals surface area contributed by atoms with Crippen molar-refractivity contribution in [2.24, 2.45) is 0 Å². The van der Waals surface area contributed by atoms with Crippen LogP contribution in [0.1, 0.15) is 36.4 Å². The lowest BCUT2D eigenvalue weighted by Crippen LogP contribution is -2.31. The fourth-order valence-electron chi connectivity index (χ4n) is 2.60. The first-order valence-corrected chi connectivity index (χ1v) is 8.50. The molecule has 1 aromatic rings. The van der Waals surface area contributed by atoms with Gasteiger partial charge in [-0.2, -0.15) is 0 Å². The van der Waals surface area contributed by atoms with E-state index in [2.05, 4.69) is 34.3 Å². The van der Waals surface area contributed by atoms with Crippen LogP contribution in [0.15, 0.2) is 24.3 Å². The fourth-order valence-corrected chi connectivity index (χ4v) is 3.19. The second kappa shape index (κ2) is 6.50. The molecule has 0 saturated heterocycles. The molecule has 19 heavy (non-hydrogen) atoms. The van der Waals surface area contributed by atoms with E-state index in [0.29, 0.717) is 6.54 Å². The summed E-state index contributed by atoms with van der Waals surface area (Å²) in [5.74, 6) is 0.127. The molecule has 0 spiro atoms. The van der Waals surface area contributed by atoms with Crippen molar-refractivity contribution in [2.45, 2.75) is 31.7 Å². The topological polar surface area (TPSA) is 58.2 Å². The summed E-state index contributed by atoms with van der Waals surface area (Å²) in [6.45, 7) is 0.488. The first-order valence-electron chi connectivity index (χ1n) is 6.85. The Bertz CT molecular complexity index is 514. The minimum atomic E-state index is -3.12. The van der Waals surface area contributed by atoms with Crippen LogP contribution in [0.3, 0.4) is 0 Å². The van der Waals surface area contributed by atoms with Crippen LogP contribution in [-0.4, -0.2) is 27.8 Å². The van der Waals surface area contributed by atoms with Gasteiger partial charge in [0, 0.05) is 12.6 Å². The zero-order chi connectivity index (χ0) is 13.7. The summed E-state index contributed by atoms with van der Waals surface area (Å²) in [5.41, 5.74) is 2.73. The lowest BCUT2D eigenvalue weighted by atomic mass is 9.99. The first kappa shape index (κ1) is 14.5. The third-order valence-corrected chi connectivity index (χ3v) is 5.06. The van der Waals surface area contributed by atoms with Crippen molar-refractivity contribution in [2.75, 3.05) is 19.3 Å². The predicted molar refractivity (Wildman–Crippen MR) is 77.6 cm³/mol. The molecule has 0 heterocycles. The molecule has 1 aliphatic rings. The summed E-state index contributed by atoms with van der Waals surface area (Å²) in [6, 6.07) is 8.76. The molecule has 1 unspecified atom stereocenters. The molecular formula is C14H22N2O2S. The molecule has 0 aromatic heterocycles. The summed E-state index contributed by atoms with van der Waals surface area (Å²) in [7, 11) is -1.66. The zero-order valence-electron chi connectivity index (χ0n) is 11.4. The average molecular weight is 282 g/mol. The minimum Gasteiger partial charge on any atom is -0.309 e. The molecule has 0 radical (unpaired) electrons. The molecule has 106 valence electrons. The molecule has 1 atom stereocenters. The smallest absolute Gasteiger partial charge is 0.212 e. The number of aryl methyl sites for hydroxylation is 1. The molecular weight excluding hydrogens is 260 g/mol. The predicted octanol–water partition coefficient (Wildman–Crippen LogP) is 1.59. The molecule has 1 aliphatic carbocycles. The van der Waals surface area contributed by atoms with Crippen molar-refractivity contribution in [1.29, 1.82) is 0 Å². The maximum atomic E-state index is 11.4. The Balaban J connectivity index is 2.00. The maximum Gasteiger partial charge on any atom is 0.212 e. The molecule has 0 amide bonds. The van der Waals surface area contributed by atoms with Crippen LogP contribution < -0.4 is 10.0 Å². The number of sulfonamides is 1. The van der Waals surface area contributed by atoms with Gasteiger partial charge >= 0.3 is 0 Å². The van der Waals surface area contributed by atoms with E-state index in [1.807, 2.05) is 0 Å². The van der Waals surface area contributed by atoms with Crippen molar-refractivity contribution in [3.05, 3.63) is 35.4 Å². The number of fused-ring (bicyclic) bond motifs is 1. The van der Waals surface area contributed by atoms with Crippen molar-refractivity contribution < 1.29 is 8.42 Å². The summed E-state index contributed by atoms with van der Waals surface area (Å²) < 4.78 is 25.1. The van der Waals surface area contributed by atoms with Gasteiger partial charge < -0.3 is 5.32 Å². The van der Waals surface area contributed by atoms with Crippen LogP contribution >= 0.6 is 0 Å². The lowest BCUT2D eigenvalue weighted by Gasteiger charge is -2.19. The van der Waals surface area contributed by atoms with Gasteiger partial charge in [-0.25, -0.2) is 13.1 Å². The molecule has 0 aliphatic heterocycles. The number of hydrogen-bond donors (Lipinski definition) is 2. The second-order valence-corrected chi connectivity index (χ2v) is 7.02. The van der Waals surface area contributed by atoms with E-state index >= 15 is 0 Å². The third-order valence-electron chi connectivity index (χ3n) is 3.69. The highest BCUT2D eigenvalue weighted by Crippen LogP contribution is 2.28. The van der Waals surface area contributed by atoms with Crippen LogP contribution in [0, 0.1) is 0 Å². The van der Waals surface area contributed by atoms with E-state index in [1.165, 1.54) is 31.0 Å². The highest BCUT2D eigenvalue weighted by molar-refractivity contribution is 7.89. The SMILES string of the molecule is CNS(=O)(=O)CCNC1CCCCc2ccccc21. The Hall–Kier alpha value is -0.910. The standard InChI is InChI=1S/C14H22N2O2S/c1-15-19(17,18)11-10-16-14-9-5-3-7-12-6-2-4-8-13(12)14/h2,4,6,8,14-16H,3,5,7,9-11H2,1H3. The summed E-state index contributed by atoms with van der Waals surface area (Å²) in [5, 5.41) is 3.39. The van der Waals surface area contributed by atoms with Gasteiger partial charge in [0.15, 0.2) is 0 Å². The van der Waals surface area contributed by atoms with Gasteiger partial charge in [0.2, 0.25) is 10.0 Å². The van der Waals surface area contributed by atoms with Crippen molar-refractivity contribution >= 4 is 10.0 Å². The Morgan fingerprint density at radius 1 is 1.26 bits per heavy atom. The van der Waals surface area contributed by atoms with E-state index in [4.69, 9.17) is 0 Å². The minimum absolute atomic E-state index is 0.127. The lowest BCUT2D eigenvalue weighted by molar-refractivity contribution is 0.500. The van der Waals surface area contributed by atoms with E-state index in [9.17, 15) is 8.42 Å². The Morgan fingerprint density at radius 3 is 2.84 bits per heavy atom. The second-order valence-electron chi connectivity index (χ2n) is 4.97. The van der Waals surface area contributed by atoms with Crippen molar-refractivity contribution in [1.82, 2.24) is 10.0 Å².